The van der Waals surface area contributed by atoms with Crippen LogP contribution in [0.3, 0.4) is 0 Å². The van der Waals surface area contributed by atoms with Gasteiger partial charge in [-0.15, -0.1) is 11.3 Å². The first-order valence-corrected chi connectivity index (χ1v) is 10.4. The molecule has 0 unspecified atom stereocenters. The molecule has 148 valence electrons. The van der Waals surface area contributed by atoms with Crippen molar-refractivity contribution >= 4 is 23.4 Å². The number of nitrogens with zero attached hydrogens (tertiary/aromatic N) is 1. The van der Waals surface area contributed by atoms with Crippen molar-refractivity contribution in [3.8, 4) is 11.1 Å². The van der Waals surface area contributed by atoms with E-state index in [-0.39, 0.29) is 19.1 Å². The van der Waals surface area contributed by atoms with Crippen molar-refractivity contribution in [2.75, 3.05) is 19.7 Å². The van der Waals surface area contributed by atoms with Crippen molar-refractivity contribution < 1.29 is 19.4 Å². The number of carboxylic acids is 1. The summed E-state index contributed by atoms with van der Waals surface area (Å²) in [4.78, 5) is 26.2. The Morgan fingerprint density at radius 2 is 1.62 bits per heavy atom. The molecule has 0 aliphatic heterocycles. The van der Waals surface area contributed by atoms with E-state index in [0.29, 0.717) is 13.0 Å². The summed E-state index contributed by atoms with van der Waals surface area (Å²) < 4.78 is 5.60. The van der Waals surface area contributed by atoms with E-state index in [1.54, 1.807) is 11.3 Å². The number of aliphatic carboxylic acids is 1. The minimum Gasteiger partial charge on any atom is -0.480 e. The summed E-state index contributed by atoms with van der Waals surface area (Å²) in [6.07, 6.45) is 0.0145. The molecule has 5 nitrogen and oxygen atoms in total. The number of carbonyl (C=O) groups excluding carboxylic acids is 1. The van der Waals surface area contributed by atoms with Crippen molar-refractivity contribution in [3.05, 3.63) is 82.0 Å². The summed E-state index contributed by atoms with van der Waals surface area (Å²) in [5.41, 5.74) is 4.57. The van der Waals surface area contributed by atoms with Crippen LogP contribution in [0.25, 0.3) is 11.1 Å². The highest BCUT2D eigenvalue weighted by Gasteiger charge is 2.30. The largest absolute Gasteiger partial charge is 0.480 e. The molecule has 0 saturated carbocycles. The van der Waals surface area contributed by atoms with E-state index in [1.807, 2.05) is 41.8 Å². The normalized spacial score (nSPS) is 12.3. The molecular formula is C23H21NO4S. The van der Waals surface area contributed by atoms with Gasteiger partial charge in [-0.2, -0.15) is 0 Å². The monoisotopic (exact) mass is 407 g/mol. The summed E-state index contributed by atoms with van der Waals surface area (Å²) in [6.45, 7) is 0.119. The van der Waals surface area contributed by atoms with Gasteiger partial charge in [0.2, 0.25) is 0 Å². The third kappa shape index (κ3) is 4.17. The number of hydrogen-bond donors (Lipinski definition) is 1. The minimum atomic E-state index is -1.05. The number of rotatable bonds is 7. The van der Waals surface area contributed by atoms with Gasteiger partial charge in [0.15, 0.2) is 0 Å². The van der Waals surface area contributed by atoms with Crippen LogP contribution in [0.15, 0.2) is 66.0 Å². The van der Waals surface area contributed by atoms with Crippen molar-refractivity contribution in [2.24, 2.45) is 0 Å². The predicted molar refractivity (Wildman–Crippen MR) is 112 cm³/mol. The topological polar surface area (TPSA) is 66.8 Å². The Morgan fingerprint density at radius 1 is 0.966 bits per heavy atom. The summed E-state index contributed by atoms with van der Waals surface area (Å²) >= 11 is 1.59. The van der Waals surface area contributed by atoms with Gasteiger partial charge in [-0.25, -0.2) is 4.79 Å². The third-order valence-corrected chi connectivity index (χ3v) is 6.06. The molecule has 1 aliphatic carbocycles. The fraction of sp³-hybridized carbons (Fsp3) is 0.217. The lowest BCUT2D eigenvalue weighted by Crippen LogP contribution is -2.38. The Hall–Kier alpha value is -3.12. The Kier molecular flexibility index (Phi) is 5.62. The summed E-state index contributed by atoms with van der Waals surface area (Å²) in [5.74, 6) is -1.10. The third-order valence-electron chi connectivity index (χ3n) is 5.13. The van der Waals surface area contributed by atoms with Gasteiger partial charge in [0.1, 0.15) is 13.2 Å². The zero-order valence-corrected chi connectivity index (χ0v) is 16.6. The summed E-state index contributed by atoms with van der Waals surface area (Å²) in [7, 11) is 0. The van der Waals surface area contributed by atoms with Crippen LogP contribution in [-0.4, -0.2) is 41.8 Å². The zero-order chi connectivity index (χ0) is 20.2. The molecule has 6 heteroatoms. The minimum absolute atomic E-state index is 0.0460. The highest BCUT2D eigenvalue weighted by atomic mass is 32.1. The standard InChI is InChI=1S/C23H21NO4S/c25-22(26)14-24(12-11-16-6-5-13-29-16)23(27)28-15-21-19-9-3-1-7-17(19)18-8-2-4-10-20(18)21/h1-10,13,21H,11-12,14-15H2,(H,25,26). The van der Waals surface area contributed by atoms with Crippen LogP contribution in [0.5, 0.6) is 0 Å². The molecule has 0 bridgehead atoms. The van der Waals surface area contributed by atoms with E-state index < -0.39 is 12.1 Å². The Bertz CT molecular complexity index is 970. The molecule has 0 saturated heterocycles. The van der Waals surface area contributed by atoms with Gasteiger partial charge in [-0.05, 0) is 40.1 Å². The molecule has 1 aromatic heterocycles. The molecule has 2 aromatic carbocycles. The van der Waals surface area contributed by atoms with Gasteiger partial charge in [-0.1, -0.05) is 54.6 Å². The maximum atomic E-state index is 12.7. The first-order chi connectivity index (χ1) is 14.1. The fourth-order valence-electron chi connectivity index (χ4n) is 3.78. The first-order valence-electron chi connectivity index (χ1n) is 9.47. The number of amides is 1. The lowest BCUT2D eigenvalue weighted by Gasteiger charge is -2.22. The highest BCUT2D eigenvalue weighted by Crippen LogP contribution is 2.44. The van der Waals surface area contributed by atoms with Crippen molar-refractivity contribution in [2.45, 2.75) is 12.3 Å². The number of carbonyl (C=O) groups is 2. The maximum absolute atomic E-state index is 12.7. The number of fused-ring (bicyclic) bond motifs is 3. The van der Waals surface area contributed by atoms with Crippen molar-refractivity contribution in [1.29, 1.82) is 0 Å². The summed E-state index contributed by atoms with van der Waals surface area (Å²) in [5, 5.41) is 11.1. The van der Waals surface area contributed by atoms with Gasteiger partial charge in [0, 0.05) is 17.3 Å². The number of thiophene rings is 1. The predicted octanol–water partition coefficient (Wildman–Crippen LogP) is 4.63. The quantitative estimate of drug-likeness (QED) is 0.620. The lowest BCUT2D eigenvalue weighted by atomic mass is 9.98. The van der Waals surface area contributed by atoms with Crippen LogP contribution in [-0.2, 0) is 16.0 Å². The van der Waals surface area contributed by atoms with E-state index >= 15 is 0 Å². The molecule has 0 fully saturated rings. The highest BCUT2D eigenvalue weighted by molar-refractivity contribution is 7.09. The van der Waals surface area contributed by atoms with E-state index in [0.717, 1.165) is 27.1 Å². The van der Waals surface area contributed by atoms with E-state index in [1.165, 1.54) is 4.90 Å². The van der Waals surface area contributed by atoms with Gasteiger partial charge < -0.3 is 9.84 Å². The van der Waals surface area contributed by atoms with Gasteiger partial charge in [-0.3, -0.25) is 9.69 Å². The van der Waals surface area contributed by atoms with Crippen LogP contribution in [0.4, 0.5) is 4.79 Å². The molecule has 0 radical (unpaired) electrons. The lowest BCUT2D eigenvalue weighted by molar-refractivity contribution is -0.138. The number of hydrogen-bond acceptors (Lipinski definition) is 4. The number of ether oxygens (including phenoxy) is 1. The molecular weight excluding hydrogens is 386 g/mol. The first kappa shape index (κ1) is 19.2. The van der Waals surface area contributed by atoms with Gasteiger partial charge in [0.05, 0.1) is 0 Å². The Morgan fingerprint density at radius 3 is 2.21 bits per heavy atom. The number of carboxylic acid groups (broad SMARTS) is 1. The molecule has 4 rings (SSSR count). The molecule has 1 amide bonds. The zero-order valence-electron chi connectivity index (χ0n) is 15.8. The van der Waals surface area contributed by atoms with Crippen molar-refractivity contribution in [1.82, 2.24) is 4.90 Å². The molecule has 3 aromatic rings. The SMILES string of the molecule is O=C(O)CN(CCc1cccs1)C(=O)OCC1c2ccccc2-c2ccccc21. The van der Waals surface area contributed by atoms with Gasteiger partial charge in [0.25, 0.3) is 0 Å². The molecule has 0 atom stereocenters. The molecule has 1 heterocycles. The van der Waals surface area contributed by atoms with Crippen LogP contribution < -0.4 is 0 Å². The van der Waals surface area contributed by atoms with Crippen LogP contribution in [0, 0.1) is 0 Å². The molecule has 1 N–H and O–H groups in total. The van der Waals surface area contributed by atoms with E-state index in [2.05, 4.69) is 24.3 Å². The summed E-state index contributed by atoms with van der Waals surface area (Å²) in [6, 6.07) is 20.2. The average Bonchev–Trinajstić information content (AvgIpc) is 3.35. The van der Waals surface area contributed by atoms with E-state index in [4.69, 9.17) is 4.74 Å². The second-order valence-electron chi connectivity index (χ2n) is 6.95. The van der Waals surface area contributed by atoms with Crippen molar-refractivity contribution in [3.63, 3.8) is 0 Å². The molecule has 1 aliphatic rings. The smallest absolute Gasteiger partial charge is 0.410 e. The second-order valence-corrected chi connectivity index (χ2v) is 7.98. The fourth-order valence-corrected chi connectivity index (χ4v) is 4.48. The van der Waals surface area contributed by atoms with Crippen LogP contribution >= 0.6 is 11.3 Å². The van der Waals surface area contributed by atoms with E-state index in [9.17, 15) is 14.7 Å². The maximum Gasteiger partial charge on any atom is 0.410 e. The average molecular weight is 407 g/mol. The number of benzene rings is 2. The Balaban J connectivity index is 1.46. The second kappa shape index (κ2) is 8.49. The van der Waals surface area contributed by atoms with Crippen LogP contribution in [0.2, 0.25) is 0 Å². The molecule has 0 spiro atoms. The van der Waals surface area contributed by atoms with Crippen LogP contribution in [0.1, 0.15) is 21.9 Å². The Labute approximate surface area is 173 Å². The van der Waals surface area contributed by atoms with Gasteiger partial charge >= 0.3 is 12.1 Å². The molecule has 29 heavy (non-hydrogen) atoms.